The van der Waals surface area contributed by atoms with Crippen molar-refractivity contribution in [3.8, 4) is 0 Å². The normalized spacial score (nSPS) is 14.9. The molecule has 0 unspecified atom stereocenters. The van der Waals surface area contributed by atoms with E-state index in [2.05, 4.69) is 31.3 Å². The van der Waals surface area contributed by atoms with Crippen LogP contribution in [0.15, 0.2) is 0 Å². The molecule has 6 N–H and O–H groups in total. The Morgan fingerprint density at radius 2 is 1.37 bits per heavy atom. The average molecular weight is 658 g/mol. The van der Waals surface area contributed by atoms with Crippen LogP contribution in [0.5, 0.6) is 0 Å². The molecule has 0 aromatic rings. The number of rotatable bonds is 22. The average Bonchev–Trinajstić information content (AvgIpc) is 2.96. The summed E-state index contributed by atoms with van der Waals surface area (Å²) >= 11 is 0. The second-order valence-electron chi connectivity index (χ2n) is 12.4. The van der Waals surface area contributed by atoms with E-state index in [1.165, 1.54) is 7.11 Å². The lowest BCUT2D eigenvalue weighted by atomic mass is 9.95. The van der Waals surface area contributed by atoms with Gasteiger partial charge in [-0.2, -0.15) is 0 Å². The zero-order chi connectivity index (χ0) is 34.7. The number of carbonyl (C=O) groups is 6. The van der Waals surface area contributed by atoms with Gasteiger partial charge in [-0.25, -0.2) is 0 Å². The first-order valence-electron chi connectivity index (χ1n) is 16.3. The molecule has 0 saturated carbocycles. The molecule has 0 spiro atoms. The minimum atomic E-state index is -1.24. The van der Waals surface area contributed by atoms with Crippen LogP contribution in [0.25, 0.3) is 0 Å². The van der Waals surface area contributed by atoms with Crippen LogP contribution < -0.4 is 26.6 Å². The van der Waals surface area contributed by atoms with Crippen molar-refractivity contribution in [3.63, 3.8) is 0 Å². The van der Waals surface area contributed by atoms with Gasteiger partial charge in [0.2, 0.25) is 29.5 Å². The molecule has 0 aliphatic rings. The van der Waals surface area contributed by atoms with Gasteiger partial charge >= 0.3 is 5.97 Å². The van der Waals surface area contributed by atoms with Crippen LogP contribution in [-0.4, -0.2) is 84.5 Å². The molecule has 13 nitrogen and oxygen atoms in total. The molecule has 0 aromatic carbocycles. The monoisotopic (exact) mass is 657 g/mol. The third-order valence-corrected chi connectivity index (χ3v) is 7.56. The van der Waals surface area contributed by atoms with E-state index in [0.717, 1.165) is 0 Å². The highest BCUT2D eigenvalue weighted by atomic mass is 16.5. The summed E-state index contributed by atoms with van der Waals surface area (Å²) in [6.07, 6.45) is 0.667. The molecule has 0 aromatic heterocycles. The standard InChI is InChI=1S/C32H59N5O8.CH4/c1-10-14-22(34-32(44)29(21(8)11-2)36-25(39)15-13-16-27(41)45-9)30(42)35-23(17-19(4)5)24(38)18-26(40)37-28(20(6)7)31(43)33-12-3;/h19-24,28-29,38H,10-18H2,1-9H3,(H,33,43)(H,34,44)(H,35,42)(H,36,39)(H,37,40);1H4/t21-,22-,23-,24-,28-,29-;/m0./s1. The van der Waals surface area contributed by atoms with Crippen molar-refractivity contribution in [2.24, 2.45) is 17.8 Å². The van der Waals surface area contributed by atoms with Crippen LogP contribution in [0.3, 0.4) is 0 Å². The molecule has 0 bridgehead atoms. The fraction of sp³-hybridized carbons (Fsp3) is 0.818. The highest BCUT2D eigenvalue weighted by molar-refractivity contribution is 5.92. The summed E-state index contributed by atoms with van der Waals surface area (Å²) in [4.78, 5) is 76.0. The first-order valence-corrected chi connectivity index (χ1v) is 16.3. The maximum absolute atomic E-state index is 13.5. The maximum atomic E-state index is 13.5. The van der Waals surface area contributed by atoms with E-state index in [9.17, 15) is 33.9 Å². The number of aliphatic hydroxyl groups is 1. The van der Waals surface area contributed by atoms with Gasteiger partial charge in [-0.05, 0) is 43.9 Å². The molecule has 0 aliphatic carbocycles. The minimum Gasteiger partial charge on any atom is -0.469 e. The zero-order valence-corrected chi connectivity index (χ0v) is 28.8. The van der Waals surface area contributed by atoms with E-state index in [0.29, 0.717) is 32.2 Å². The second-order valence-corrected chi connectivity index (χ2v) is 12.4. The Labute approximate surface area is 276 Å². The topological polar surface area (TPSA) is 192 Å². The molecule has 0 radical (unpaired) electrons. The van der Waals surface area contributed by atoms with E-state index >= 15 is 0 Å². The minimum absolute atomic E-state index is 0. The van der Waals surface area contributed by atoms with Gasteiger partial charge < -0.3 is 36.4 Å². The van der Waals surface area contributed by atoms with Crippen molar-refractivity contribution in [2.75, 3.05) is 13.7 Å². The summed E-state index contributed by atoms with van der Waals surface area (Å²) in [5.41, 5.74) is 0. The maximum Gasteiger partial charge on any atom is 0.305 e. The first-order chi connectivity index (χ1) is 21.1. The summed E-state index contributed by atoms with van der Waals surface area (Å²) in [6, 6.07) is -3.39. The number of carbonyl (C=O) groups excluding carboxylic acids is 6. The molecule has 0 aliphatic heterocycles. The number of hydrogen-bond donors (Lipinski definition) is 6. The van der Waals surface area contributed by atoms with Gasteiger partial charge in [0.1, 0.15) is 18.1 Å². The van der Waals surface area contributed by atoms with Crippen molar-refractivity contribution in [1.82, 2.24) is 26.6 Å². The quantitative estimate of drug-likeness (QED) is 0.0956. The lowest BCUT2D eigenvalue weighted by Gasteiger charge is -2.30. The van der Waals surface area contributed by atoms with Crippen LogP contribution in [0, 0.1) is 17.8 Å². The van der Waals surface area contributed by atoms with Gasteiger partial charge in [0.25, 0.3) is 0 Å². The number of amides is 5. The van der Waals surface area contributed by atoms with Crippen LogP contribution in [0.1, 0.15) is 114 Å². The number of ether oxygens (including phenoxy) is 1. The SMILES string of the molecule is C.CCC[C@H](NC(=O)[C@@H](NC(=O)CCCC(=O)OC)[C@@H](C)CC)C(=O)N[C@@H](CC(C)C)[C@@H](O)CC(=O)N[C@H](C(=O)NCC)C(C)C. The fourth-order valence-corrected chi connectivity index (χ4v) is 4.75. The van der Waals surface area contributed by atoms with Gasteiger partial charge in [0.05, 0.1) is 25.7 Å². The Balaban J connectivity index is 0. The van der Waals surface area contributed by atoms with Gasteiger partial charge in [-0.3, -0.25) is 28.8 Å². The Morgan fingerprint density at radius 1 is 0.761 bits per heavy atom. The molecular weight excluding hydrogens is 594 g/mol. The van der Waals surface area contributed by atoms with Gasteiger partial charge in [-0.1, -0.05) is 68.7 Å². The highest BCUT2D eigenvalue weighted by Gasteiger charge is 2.33. The van der Waals surface area contributed by atoms with E-state index < -0.39 is 54.0 Å². The molecule has 268 valence electrons. The first kappa shape index (κ1) is 44.9. The molecule has 46 heavy (non-hydrogen) atoms. The fourth-order valence-electron chi connectivity index (χ4n) is 4.75. The zero-order valence-electron chi connectivity index (χ0n) is 28.8. The number of esters is 1. The third-order valence-electron chi connectivity index (χ3n) is 7.56. The van der Waals surface area contributed by atoms with E-state index in [-0.39, 0.29) is 62.7 Å². The van der Waals surface area contributed by atoms with Crippen LogP contribution in [0.2, 0.25) is 0 Å². The van der Waals surface area contributed by atoms with Gasteiger partial charge in [0.15, 0.2) is 0 Å². The molecule has 5 amide bonds. The number of hydrogen-bond acceptors (Lipinski definition) is 8. The lowest BCUT2D eigenvalue weighted by Crippen LogP contribution is -2.58. The molecule has 6 atom stereocenters. The number of methoxy groups -OCH3 is 1. The number of aliphatic hydroxyl groups excluding tert-OH is 1. The van der Waals surface area contributed by atoms with Gasteiger partial charge in [0, 0.05) is 19.4 Å². The molecule has 0 rings (SSSR count). The predicted octanol–water partition coefficient (Wildman–Crippen LogP) is 2.34. The van der Waals surface area contributed by atoms with Crippen LogP contribution in [0.4, 0.5) is 0 Å². The lowest BCUT2D eigenvalue weighted by molar-refractivity contribution is -0.141. The molecule has 0 heterocycles. The van der Waals surface area contributed by atoms with E-state index in [4.69, 9.17) is 0 Å². The Kier molecular flexibility index (Phi) is 23.5. The van der Waals surface area contributed by atoms with Gasteiger partial charge in [-0.15, -0.1) is 0 Å². The Morgan fingerprint density at radius 3 is 1.87 bits per heavy atom. The number of nitrogens with one attached hydrogen (secondary N) is 5. The molecule has 13 heteroatoms. The highest BCUT2D eigenvalue weighted by Crippen LogP contribution is 2.14. The van der Waals surface area contributed by atoms with Crippen molar-refractivity contribution < 1.29 is 38.6 Å². The Bertz CT molecular complexity index is 958. The van der Waals surface area contributed by atoms with Crippen molar-refractivity contribution >= 4 is 35.5 Å². The van der Waals surface area contributed by atoms with E-state index in [1.54, 1.807) is 6.92 Å². The smallest absolute Gasteiger partial charge is 0.305 e. The second kappa shape index (κ2) is 24.0. The van der Waals surface area contributed by atoms with Crippen molar-refractivity contribution in [1.29, 1.82) is 0 Å². The Hall–Kier alpha value is -3.22. The van der Waals surface area contributed by atoms with Crippen LogP contribution in [-0.2, 0) is 33.5 Å². The largest absolute Gasteiger partial charge is 0.469 e. The third kappa shape index (κ3) is 17.5. The summed E-state index contributed by atoms with van der Waals surface area (Å²) < 4.78 is 4.60. The summed E-state index contributed by atoms with van der Waals surface area (Å²) in [6.45, 7) is 15.2. The van der Waals surface area contributed by atoms with Crippen LogP contribution >= 0.6 is 0 Å². The molecule has 0 fully saturated rings. The molecule has 0 saturated heterocycles. The van der Waals surface area contributed by atoms with Crippen molar-refractivity contribution in [3.05, 3.63) is 0 Å². The summed E-state index contributed by atoms with van der Waals surface area (Å²) in [7, 11) is 1.27. The number of likely N-dealkylation sites (N-methyl/N-ethyl adjacent to an activating group) is 1. The van der Waals surface area contributed by atoms with E-state index in [1.807, 2.05) is 48.5 Å². The molecular formula is C33H63N5O8. The summed E-state index contributed by atoms with van der Waals surface area (Å²) in [5, 5.41) is 24.8. The summed E-state index contributed by atoms with van der Waals surface area (Å²) in [5.74, 6) is -3.01. The van der Waals surface area contributed by atoms with Crippen molar-refractivity contribution in [2.45, 2.75) is 144 Å². The predicted molar refractivity (Wildman–Crippen MR) is 178 cm³/mol.